The maximum atomic E-state index is 12.9. The van der Waals surface area contributed by atoms with E-state index in [0.717, 1.165) is 75.4 Å². The Labute approximate surface area is 195 Å². The second-order valence-electron chi connectivity index (χ2n) is 6.69. The normalized spacial score (nSPS) is 15.0. The maximum absolute atomic E-state index is 12.9. The number of piperazine rings is 1. The molecular weight excluding hydrogens is 504 g/mol. The number of rotatable bonds is 9. The predicted octanol–water partition coefficient (Wildman–Crippen LogP) is 2.65. The summed E-state index contributed by atoms with van der Waals surface area (Å²) < 4.78 is 12.9. The number of amides is 1. The van der Waals surface area contributed by atoms with Crippen LogP contribution < -0.4 is 10.6 Å². The summed E-state index contributed by atoms with van der Waals surface area (Å²) in [4.78, 5) is 21.4. The van der Waals surface area contributed by atoms with Crippen LogP contribution >= 0.6 is 35.7 Å². The summed E-state index contributed by atoms with van der Waals surface area (Å²) in [5, 5.41) is 6.66. The number of aliphatic imine (C=N–C) groups is 1. The van der Waals surface area contributed by atoms with Gasteiger partial charge in [0.2, 0.25) is 5.91 Å². The Balaban J connectivity index is 0.00000420. The largest absolute Gasteiger partial charge is 0.357 e. The molecule has 1 heterocycles. The van der Waals surface area contributed by atoms with Gasteiger partial charge in [-0.05, 0) is 43.4 Å². The number of carbonyl (C=O) groups excluding carboxylic acids is 1. The average Bonchev–Trinajstić information content (AvgIpc) is 2.69. The molecule has 6 nitrogen and oxygen atoms in total. The molecule has 164 valence electrons. The lowest BCUT2D eigenvalue weighted by atomic mass is 10.3. The monoisotopic (exact) mass is 537 g/mol. The summed E-state index contributed by atoms with van der Waals surface area (Å²) in [6.45, 7) is 10.5. The standard InChI is InChI=1S/C20H32FN5OS.HI/c1-3-22-20(23-9-4-16-28-19-7-5-18(21)6-8-19)24-10-11-25-12-14-26(15-13-25)17(2)27;/h5-8H,3-4,9-16H2,1-2H3,(H2,22,23,24);1H. The fourth-order valence-electron chi connectivity index (χ4n) is 2.94. The Kier molecular flexibility index (Phi) is 13.3. The molecular formula is C20H33FIN5OS. The molecule has 1 saturated heterocycles. The van der Waals surface area contributed by atoms with Crippen LogP contribution in [0.2, 0.25) is 0 Å². The molecule has 1 aromatic carbocycles. The van der Waals surface area contributed by atoms with Gasteiger partial charge in [-0.3, -0.25) is 14.7 Å². The fourth-order valence-corrected chi connectivity index (χ4v) is 3.77. The summed E-state index contributed by atoms with van der Waals surface area (Å²) >= 11 is 1.72. The predicted molar refractivity (Wildman–Crippen MR) is 130 cm³/mol. The zero-order valence-electron chi connectivity index (χ0n) is 17.3. The highest BCUT2D eigenvalue weighted by Crippen LogP contribution is 2.18. The molecule has 1 fully saturated rings. The summed E-state index contributed by atoms with van der Waals surface area (Å²) in [6, 6.07) is 6.61. The third kappa shape index (κ3) is 10.5. The lowest BCUT2D eigenvalue weighted by Crippen LogP contribution is -2.50. The van der Waals surface area contributed by atoms with E-state index in [-0.39, 0.29) is 35.7 Å². The Hall–Kier alpha value is -1.07. The third-order valence-corrected chi connectivity index (χ3v) is 5.64. The van der Waals surface area contributed by atoms with Crippen molar-refractivity contribution < 1.29 is 9.18 Å². The first kappa shape index (κ1) is 26.0. The third-order valence-electron chi connectivity index (χ3n) is 4.54. The lowest BCUT2D eigenvalue weighted by molar-refractivity contribution is -0.130. The highest BCUT2D eigenvalue weighted by atomic mass is 127. The number of hydrogen-bond donors (Lipinski definition) is 2. The van der Waals surface area contributed by atoms with Gasteiger partial charge in [0.15, 0.2) is 5.96 Å². The molecule has 0 aromatic heterocycles. The van der Waals surface area contributed by atoms with E-state index in [1.807, 2.05) is 17.0 Å². The number of benzene rings is 1. The van der Waals surface area contributed by atoms with E-state index in [1.54, 1.807) is 18.7 Å². The summed E-state index contributed by atoms with van der Waals surface area (Å²) in [5.74, 6) is 1.76. The minimum absolute atomic E-state index is 0. The summed E-state index contributed by atoms with van der Waals surface area (Å²) in [7, 11) is 0. The van der Waals surface area contributed by atoms with Crippen molar-refractivity contribution in [2.24, 2.45) is 4.99 Å². The van der Waals surface area contributed by atoms with Crippen molar-refractivity contribution in [2.75, 3.05) is 58.1 Å². The van der Waals surface area contributed by atoms with Crippen molar-refractivity contribution in [3.05, 3.63) is 30.1 Å². The van der Waals surface area contributed by atoms with E-state index >= 15 is 0 Å². The van der Waals surface area contributed by atoms with Crippen molar-refractivity contribution in [3.8, 4) is 0 Å². The van der Waals surface area contributed by atoms with Gasteiger partial charge in [0, 0.05) is 64.2 Å². The van der Waals surface area contributed by atoms with Gasteiger partial charge in [0.25, 0.3) is 0 Å². The van der Waals surface area contributed by atoms with E-state index in [1.165, 1.54) is 12.1 Å². The van der Waals surface area contributed by atoms with Crippen LogP contribution in [0.4, 0.5) is 4.39 Å². The minimum Gasteiger partial charge on any atom is -0.357 e. The number of halogens is 2. The van der Waals surface area contributed by atoms with E-state index in [4.69, 9.17) is 0 Å². The van der Waals surface area contributed by atoms with Gasteiger partial charge in [-0.25, -0.2) is 4.39 Å². The molecule has 0 unspecified atom stereocenters. The Morgan fingerprint density at radius 1 is 1.17 bits per heavy atom. The number of carbonyl (C=O) groups is 1. The quantitative estimate of drug-likeness (QED) is 0.167. The first-order chi connectivity index (χ1) is 13.6. The summed E-state index contributed by atoms with van der Waals surface area (Å²) in [6.07, 6.45) is 0.964. The molecule has 9 heteroatoms. The van der Waals surface area contributed by atoms with E-state index in [0.29, 0.717) is 0 Å². The maximum Gasteiger partial charge on any atom is 0.219 e. The topological polar surface area (TPSA) is 60.0 Å². The fraction of sp³-hybridized carbons (Fsp3) is 0.600. The van der Waals surface area contributed by atoms with Gasteiger partial charge < -0.3 is 15.5 Å². The van der Waals surface area contributed by atoms with Gasteiger partial charge in [0.1, 0.15) is 5.82 Å². The zero-order chi connectivity index (χ0) is 20.2. The van der Waals surface area contributed by atoms with Crippen molar-refractivity contribution in [1.82, 2.24) is 20.4 Å². The van der Waals surface area contributed by atoms with Gasteiger partial charge >= 0.3 is 0 Å². The Bertz CT molecular complexity index is 624. The van der Waals surface area contributed by atoms with Crippen LogP contribution in [0, 0.1) is 5.82 Å². The number of guanidine groups is 1. The first-order valence-electron chi connectivity index (χ1n) is 9.97. The second-order valence-corrected chi connectivity index (χ2v) is 7.86. The molecule has 0 saturated carbocycles. The number of nitrogens with zero attached hydrogens (tertiary/aromatic N) is 3. The molecule has 2 N–H and O–H groups in total. The zero-order valence-corrected chi connectivity index (χ0v) is 20.5. The molecule has 0 bridgehead atoms. The van der Waals surface area contributed by atoms with Crippen molar-refractivity contribution >= 4 is 47.6 Å². The smallest absolute Gasteiger partial charge is 0.219 e. The van der Waals surface area contributed by atoms with Gasteiger partial charge in [-0.15, -0.1) is 35.7 Å². The van der Waals surface area contributed by atoms with Crippen molar-refractivity contribution in [2.45, 2.75) is 25.2 Å². The van der Waals surface area contributed by atoms with Crippen molar-refractivity contribution in [1.29, 1.82) is 0 Å². The molecule has 0 aliphatic carbocycles. The Morgan fingerprint density at radius 3 is 2.48 bits per heavy atom. The van der Waals surface area contributed by atoms with E-state index in [2.05, 4.69) is 27.4 Å². The van der Waals surface area contributed by atoms with Crippen LogP contribution in [0.1, 0.15) is 20.3 Å². The first-order valence-corrected chi connectivity index (χ1v) is 11.0. The molecule has 1 aromatic rings. The molecule has 1 amide bonds. The number of thioether (sulfide) groups is 1. The van der Waals surface area contributed by atoms with E-state index in [9.17, 15) is 9.18 Å². The van der Waals surface area contributed by atoms with Crippen molar-refractivity contribution in [3.63, 3.8) is 0 Å². The van der Waals surface area contributed by atoms with E-state index < -0.39 is 0 Å². The van der Waals surface area contributed by atoms with Gasteiger partial charge in [-0.2, -0.15) is 0 Å². The van der Waals surface area contributed by atoms with Crippen LogP contribution in [0.15, 0.2) is 34.2 Å². The molecule has 29 heavy (non-hydrogen) atoms. The Morgan fingerprint density at radius 2 is 1.86 bits per heavy atom. The minimum atomic E-state index is -0.198. The average molecular weight is 537 g/mol. The molecule has 1 aliphatic heterocycles. The van der Waals surface area contributed by atoms with Crippen LogP contribution in [-0.2, 0) is 4.79 Å². The highest BCUT2D eigenvalue weighted by molar-refractivity contribution is 14.0. The summed E-state index contributed by atoms with van der Waals surface area (Å²) in [5.41, 5.74) is 0. The molecule has 0 spiro atoms. The van der Waals surface area contributed by atoms with Gasteiger partial charge in [-0.1, -0.05) is 0 Å². The van der Waals surface area contributed by atoms with Crippen LogP contribution in [0.3, 0.4) is 0 Å². The molecule has 0 atom stereocenters. The molecule has 0 radical (unpaired) electrons. The highest BCUT2D eigenvalue weighted by Gasteiger charge is 2.17. The van der Waals surface area contributed by atoms with Crippen LogP contribution in [0.5, 0.6) is 0 Å². The SMILES string of the molecule is CCNC(=NCCCSc1ccc(F)cc1)NCCN1CCN(C(C)=O)CC1.I. The molecule has 2 rings (SSSR count). The van der Waals surface area contributed by atoms with Crippen LogP contribution in [0.25, 0.3) is 0 Å². The molecule has 1 aliphatic rings. The second kappa shape index (κ2) is 14.8. The van der Waals surface area contributed by atoms with Crippen LogP contribution in [-0.4, -0.2) is 79.8 Å². The van der Waals surface area contributed by atoms with Gasteiger partial charge in [0.05, 0.1) is 0 Å². The number of nitrogens with one attached hydrogen (secondary N) is 2. The number of hydrogen-bond acceptors (Lipinski definition) is 4. The lowest BCUT2D eigenvalue weighted by Gasteiger charge is -2.34.